The molecular formula is C15H20BrNO2. The lowest BCUT2D eigenvalue weighted by Gasteiger charge is -2.34. The highest BCUT2D eigenvalue weighted by Crippen LogP contribution is 2.36. The van der Waals surface area contributed by atoms with Crippen LogP contribution in [0.4, 0.5) is 4.79 Å². The summed E-state index contributed by atoms with van der Waals surface area (Å²) < 4.78 is 5.41. The second-order valence-corrected chi connectivity index (χ2v) is 6.13. The Bertz CT molecular complexity index is 433. The number of benzene rings is 1. The van der Waals surface area contributed by atoms with Crippen molar-refractivity contribution in [1.29, 1.82) is 0 Å². The Morgan fingerprint density at radius 3 is 2.68 bits per heavy atom. The van der Waals surface area contributed by atoms with Crippen molar-refractivity contribution in [2.24, 2.45) is 5.92 Å². The molecule has 1 aromatic rings. The van der Waals surface area contributed by atoms with E-state index in [2.05, 4.69) is 29.8 Å². The van der Waals surface area contributed by atoms with E-state index in [1.165, 1.54) is 0 Å². The van der Waals surface area contributed by atoms with E-state index in [9.17, 15) is 4.79 Å². The topological polar surface area (TPSA) is 29.5 Å². The molecule has 104 valence electrons. The molecule has 1 amide bonds. The number of amides is 1. The molecule has 0 spiro atoms. The molecule has 1 saturated heterocycles. The van der Waals surface area contributed by atoms with Crippen LogP contribution in [0.5, 0.6) is 0 Å². The van der Waals surface area contributed by atoms with Crippen LogP contribution >= 0.6 is 15.9 Å². The van der Waals surface area contributed by atoms with Gasteiger partial charge < -0.3 is 9.64 Å². The molecule has 1 unspecified atom stereocenters. The van der Waals surface area contributed by atoms with Crippen molar-refractivity contribution in [3.05, 3.63) is 35.9 Å². The van der Waals surface area contributed by atoms with Gasteiger partial charge in [0.2, 0.25) is 0 Å². The summed E-state index contributed by atoms with van der Waals surface area (Å²) >= 11 is 3.53. The smallest absolute Gasteiger partial charge is 0.410 e. The lowest BCUT2D eigenvalue weighted by atomic mass is 9.90. The van der Waals surface area contributed by atoms with Crippen molar-refractivity contribution >= 4 is 22.0 Å². The molecule has 4 heteroatoms. The van der Waals surface area contributed by atoms with Gasteiger partial charge in [0.15, 0.2) is 0 Å². The maximum absolute atomic E-state index is 12.2. The molecule has 1 atom stereocenters. The lowest BCUT2D eigenvalue weighted by Crippen LogP contribution is -2.46. The SMILES string of the molecule is CC1(C)C(CBr)CCN1C(=O)OCc1ccccc1. The molecule has 1 aliphatic heterocycles. The predicted octanol–water partition coefficient (Wildman–Crippen LogP) is 3.82. The van der Waals surface area contributed by atoms with Crippen LogP contribution in [-0.2, 0) is 11.3 Å². The minimum absolute atomic E-state index is 0.142. The Morgan fingerprint density at radius 2 is 2.11 bits per heavy atom. The molecule has 0 saturated carbocycles. The van der Waals surface area contributed by atoms with Crippen LogP contribution in [-0.4, -0.2) is 28.4 Å². The monoisotopic (exact) mass is 325 g/mol. The molecule has 19 heavy (non-hydrogen) atoms. The van der Waals surface area contributed by atoms with Gasteiger partial charge in [-0.25, -0.2) is 4.79 Å². The second-order valence-electron chi connectivity index (χ2n) is 5.49. The van der Waals surface area contributed by atoms with E-state index < -0.39 is 0 Å². The van der Waals surface area contributed by atoms with Crippen molar-refractivity contribution < 1.29 is 9.53 Å². The molecule has 3 nitrogen and oxygen atoms in total. The van der Waals surface area contributed by atoms with Gasteiger partial charge in [0.05, 0.1) is 0 Å². The zero-order chi connectivity index (χ0) is 13.9. The van der Waals surface area contributed by atoms with Gasteiger partial charge in [-0.1, -0.05) is 46.3 Å². The summed E-state index contributed by atoms with van der Waals surface area (Å²) in [5.41, 5.74) is 0.877. The molecule has 0 radical (unpaired) electrons. The maximum Gasteiger partial charge on any atom is 0.410 e. The Hall–Kier alpha value is -1.03. The first kappa shape index (κ1) is 14.4. The standard InChI is InChI=1S/C15H20BrNO2/c1-15(2)13(10-16)8-9-17(15)14(18)19-11-12-6-4-3-5-7-12/h3-7,13H,8-11H2,1-2H3. The Balaban J connectivity index is 1.94. The van der Waals surface area contributed by atoms with Crippen LogP contribution in [0.1, 0.15) is 25.8 Å². The fourth-order valence-electron chi connectivity index (χ4n) is 2.54. The number of hydrogen-bond acceptors (Lipinski definition) is 2. The molecule has 1 aliphatic rings. The highest BCUT2D eigenvalue weighted by atomic mass is 79.9. The number of alkyl halides is 1. The van der Waals surface area contributed by atoms with E-state index in [1.807, 2.05) is 35.2 Å². The van der Waals surface area contributed by atoms with E-state index in [0.717, 1.165) is 23.9 Å². The van der Waals surface area contributed by atoms with Gasteiger partial charge >= 0.3 is 6.09 Å². The molecule has 0 aliphatic carbocycles. The molecular weight excluding hydrogens is 306 g/mol. The van der Waals surface area contributed by atoms with Crippen molar-refractivity contribution in [3.8, 4) is 0 Å². The maximum atomic E-state index is 12.2. The summed E-state index contributed by atoms with van der Waals surface area (Å²) in [5.74, 6) is 0.483. The van der Waals surface area contributed by atoms with Crippen molar-refractivity contribution in [2.45, 2.75) is 32.4 Å². The van der Waals surface area contributed by atoms with Crippen LogP contribution in [0.25, 0.3) is 0 Å². The van der Waals surface area contributed by atoms with Crippen molar-refractivity contribution in [2.75, 3.05) is 11.9 Å². The van der Waals surface area contributed by atoms with Crippen LogP contribution in [0.2, 0.25) is 0 Å². The molecule has 1 aromatic carbocycles. The number of carbonyl (C=O) groups excluding carboxylic acids is 1. The number of halogens is 1. The van der Waals surface area contributed by atoms with Gasteiger partial charge in [-0.05, 0) is 31.7 Å². The predicted molar refractivity (Wildman–Crippen MR) is 79.3 cm³/mol. The summed E-state index contributed by atoms with van der Waals surface area (Å²) in [4.78, 5) is 14.0. The summed E-state index contributed by atoms with van der Waals surface area (Å²) in [6.45, 7) is 5.33. The van der Waals surface area contributed by atoms with E-state index >= 15 is 0 Å². The zero-order valence-corrected chi connectivity index (χ0v) is 13.0. The third-order valence-electron chi connectivity index (χ3n) is 4.01. The zero-order valence-electron chi connectivity index (χ0n) is 11.4. The van der Waals surface area contributed by atoms with Crippen molar-refractivity contribution in [1.82, 2.24) is 4.90 Å². The Kier molecular flexibility index (Phi) is 4.50. The highest BCUT2D eigenvalue weighted by molar-refractivity contribution is 9.09. The summed E-state index contributed by atoms with van der Waals surface area (Å²) in [7, 11) is 0. The normalized spacial score (nSPS) is 21.4. The van der Waals surface area contributed by atoms with E-state index in [4.69, 9.17) is 4.74 Å². The minimum Gasteiger partial charge on any atom is -0.445 e. The summed E-state index contributed by atoms with van der Waals surface area (Å²) in [6, 6.07) is 9.77. The van der Waals surface area contributed by atoms with Gasteiger partial charge in [0, 0.05) is 17.4 Å². The van der Waals surface area contributed by atoms with Crippen molar-refractivity contribution in [3.63, 3.8) is 0 Å². The van der Waals surface area contributed by atoms with Gasteiger partial charge in [-0.3, -0.25) is 0 Å². The number of hydrogen-bond donors (Lipinski definition) is 0. The van der Waals surface area contributed by atoms with Crippen LogP contribution < -0.4 is 0 Å². The first-order valence-corrected chi connectivity index (χ1v) is 7.72. The van der Waals surface area contributed by atoms with E-state index in [1.54, 1.807) is 0 Å². The van der Waals surface area contributed by atoms with Crippen LogP contribution in [0.15, 0.2) is 30.3 Å². The summed E-state index contributed by atoms with van der Waals surface area (Å²) in [5, 5.41) is 0.919. The molecule has 1 heterocycles. The summed E-state index contributed by atoms with van der Waals surface area (Å²) in [6.07, 6.45) is 0.816. The third kappa shape index (κ3) is 3.11. The van der Waals surface area contributed by atoms with E-state index in [0.29, 0.717) is 12.5 Å². The first-order chi connectivity index (χ1) is 9.05. The lowest BCUT2D eigenvalue weighted by molar-refractivity contribution is 0.0683. The molecule has 0 N–H and O–H groups in total. The quantitative estimate of drug-likeness (QED) is 0.791. The highest BCUT2D eigenvalue weighted by Gasteiger charge is 2.43. The van der Waals surface area contributed by atoms with Gasteiger partial charge in [-0.2, -0.15) is 0 Å². The number of rotatable bonds is 3. The van der Waals surface area contributed by atoms with E-state index in [-0.39, 0.29) is 11.6 Å². The minimum atomic E-state index is -0.211. The molecule has 1 fully saturated rings. The second kappa shape index (κ2) is 5.95. The number of ether oxygens (including phenoxy) is 1. The molecule has 2 rings (SSSR count). The fourth-order valence-corrected chi connectivity index (χ4v) is 3.65. The molecule has 0 bridgehead atoms. The Labute approximate surface area is 123 Å². The first-order valence-electron chi connectivity index (χ1n) is 6.60. The third-order valence-corrected chi connectivity index (χ3v) is 4.79. The average molecular weight is 326 g/mol. The fraction of sp³-hybridized carbons (Fsp3) is 0.533. The van der Waals surface area contributed by atoms with Crippen LogP contribution in [0.3, 0.4) is 0 Å². The number of likely N-dealkylation sites (tertiary alicyclic amines) is 1. The number of carbonyl (C=O) groups is 1. The average Bonchev–Trinajstić information content (AvgIpc) is 2.72. The molecule has 0 aromatic heterocycles. The van der Waals surface area contributed by atoms with Gasteiger partial charge in [0.25, 0.3) is 0 Å². The largest absolute Gasteiger partial charge is 0.445 e. The van der Waals surface area contributed by atoms with Gasteiger partial charge in [0.1, 0.15) is 6.61 Å². The Morgan fingerprint density at radius 1 is 1.42 bits per heavy atom. The number of nitrogens with zero attached hydrogens (tertiary/aromatic N) is 1. The van der Waals surface area contributed by atoms with Crippen LogP contribution in [0, 0.1) is 5.92 Å². The van der Waals surface area contributed by atoms with Gasteiger partial charge in [-0.15, -0.1) is 0 Å².